The average molecular weight is 279 g/mol. The summed E-state index contributed by atoms with van der Waals surface area (Å²) in [5, 5.41) is 3.79. The zero-order valence-corrected chi connectivity index (χ0v) is 13.6. The summed E-state index contributed by atoms with van der Waals surface area (Å²) in [6.07, 6.45) is 8.17. The molecule has 1 N–H and O–H groups in total. The molecule has 1 aromatic heterocycles. The molecule has 108 valence electrons. The van der Waals surface area contributed by atoms with Crippen LogP contribution in [0.4, 0.5) is 0 Å². The Morgan fingerprint density at radius 1 is 1.16 bits per heavy atom. The van der Waals surface area contributed by atoms with Gasteiger partial charge in [0.2, 0.25) is 0 Å². The molecule has 1 saturated carbocycles. The van der Waals surface area contributed by atoms with Crippen LogP contribution in [0.1, 0.15) is 62.6 Å². The zero-order chi connectivity index (χ0) is 13.7. The summed E-state index contributed by atoms with van der Waals surface area (Å²) >= 11 is 1.97. The van der Waals surface area contributed by atoms with E-state index in [4.69, 9.17) is 0 Å². The van der Waals surface area contributed by atoms with Crippen molar-refractivity contribution < 1.29 is 0 Å². The smallest absolute Gasteiger partial charge is 0.0302 e. The van der Waals surface area contributed by atoms with E-state index in [9.17, 15) is 0 Å². The molecule has 0 spiro atoms. The van der Waals surface area contributed by atoms with Gasteiger partial charge in [-0.05, 0) is 49.7 Å². The maximum atomic E-state index is 3.79. The Kier molecular flexibility index (Phi) is 5.90. The highest BCUT2D eigenvalue weighted by molar-refractivity contribution is 7.11. The first-order chi connectivity index (χ1) is 9.19. The van der Waals surface area contributed by atoms with Crippen LogP contribution in [0, 0.1) is 11.8 Å². The fourth-order valence-corrected chi connectivity index (χ4v) is 4.06. The highest BCUT2D eigenvalue weighted by Gasteiger charge is 2.20. The van der Waals surface area contributed by atoms with Crippen molar-refractivity contribution in [3.63, 3.8) is 0 Å². The van der Waals surface area contributed by atoms with E-state index < -0.39 is 0 Å². The lowest BCUT2D eigenvalue weighted by Gasteiger charge is -2.19. The third-order valence-corrected chi connectivity index (χ3v) is 5.82. The van der Waals surface area contributed by atoms with E-state index in [-0.39, 0.29) is 0 Å². The van der Waals surface area contributed by atoms with Crippen molar-refractivity contribution in [3.05, 3.63) is 21.9 Å². The molecule has 1 aromatic rings. The third-order valence-electron chi connectivity index (χ3n) is 4.59. The normalized spacial score (nSPS) is 24.6. The van der Waals surface area contributed by atoms with Crippen molar-refractivity contribution in [1.29, 1.82) is 0 Å². The van der Waals surface area contributed by atoms with Gasteiger partial charge in [0.05, 0.1) is 0 Å². The Balaban J connectivity index is 1.77. The van der Waals surface area contributed by atoms with Gasteiger partial charge in [-0.15, -0.1) is 11.3 Å². The second kappa shape index (κ2) is 7.44. The van der Waals surface area contributed by atoms with Gasteiger partial charge in [-0.25, -0.2) is 0 Å². The van der Waals surface area contributed by atoms with Crippen molar-refractivity contribution in [2.24, 2.45) is 11.8 Å². The van der Waals surface area contributed by atoms with E-state index in [0.717, 1.165) is 24.4 Å². The molecule has 2 rings (SSSR count). The number of aryl methyl sites for hydroxylation is 1. The Hall–Kier alpha value is -0.340. The predicted octanol–water partition coefficient (Wildman–Crippen LogP) is 5.01. The minimum absolute atomic E-state index is 0.746. The van der Waals surface area contributed by atoms with E-state index in [0.29, 0.717) is 0 Å². The van der Waals surface area contributed by atoms with Gasteiger partial charge in [-0.3, -0.25) is 0 Å². The summed E-state index contributed by atoms with van der Waals surface area (Å²) < 4.78 is 0. The maximum absolute atomic E-state index is 3.79. The molecule has 2 unspecified atom stereocenters. The molecule has 1 heterocycles. The van der Waals surface area contributed by atoms with Crippen molar-refractivity contribution in [1.82, 2.24) is 5.32 Å². The highest BCUT2D eigenvalue weighted by Crippen LogP contribution is 2.29. The summed E-state index contributed by atoms with van der Waals surface area (Å²) in [6.45, 7) is 8.08. The molecular weight excluding hydrogens is 250 g/mol. The molecule has 1 nitrogen and oxygen atoms in total. The molecule has 1 aliphatic rings. The van der Waals surface area contributed by atoms with Crippen LogP contribution in [-0.4, -0.2) is 6.04 Å². The van der Waals surface area contributed by atoms with Gasteiger partial charge in [0, 0.05) is 22.3 Å². The molecule has 1 fully saturated rings. The van der Waals surface area contributed by atoms with E-state index in [1.54, 1.807) is 0 Å². The number of rotatable bonds is 5. The second-order valence-corrected chi connectivity index (χ2v) is 7.56. The van der Waals surface area contributed by atoms with Crippen LogP contribution < -0.4 is 5.32 Å². The molecule has 0 amide bonds. The fraction of sp³-hybridized carbons (Fsp3) is 0.765. The number of hydrogen-bond acceptors (Lipinski definition) is 2. The van der Waals surface area contributed by atoms with Gasteiger partial charge in [0.25, 0.3) is 0 Å². The van der Waals surface area contributed by atoms with Crippen molar-refractivity contribution in [2.45, 2.75) is 71.9 Å². The Labute approximate surface area is 122 Å². The third kappa shape index (κ3) is 4.61. The second-order valence-electron chi connectivity index (χ2n) is 6.31. The molecule has 0 radical (unpaired) electrons. The standard InChI is InChI=1S/C17H29NS/c1-4-16-10-11-17(19-16)12-18-15-7-5-6-14(8-9-15)13(2)3/h10-11,13-15,18H,4-9,12H2,1-3H3. The van der Waals surface area contributed by atoms with Crippen LogP contribution in [0.15, 0.2) is 12.1 Å². The van der Waals surface area contributed by atoms with Gasteiger partial charge in [-0.2, -0.15) is 0 Å². The SMILES string of the molecule is CCc1ccc(CNC2CCCC(C(C)C)CC2)s1. The zero-order valence-electron chi connectivity index (χ0n) is 12.7. The first-order valence-electron chi connectivity index (χ1n) is 8.00. The van der Waals surface area contributed by atoms with Crippen LogP contribution in [0.25, 0.3) is 0 Å². The first-order valence-corrected chi connectivity index (χ1v) is 8.81. The molecule has 0 aromatic carbocycles. The lowest BCUT2D eigenvalue weighted by molar-refractivity contribution is 0.338. The van der Waals surface area contributed by atoms with E-state index in [1.165, 1.54) is 48.3 Å². The average Bonchev–Trinajstić information content (AvgIpc) is 2.72. The number of hydrogen-bond donors (Lipinski definition) is 1. The first kappa shape index (κ1) is 15.1. The molecule has 0 bridgehead atoms. The topological polar surface area (TPSA) is 12.0 Å². The van der Waals surface area contributed by atoms with Crippen LogP contribution >= 0.6 is 11.3 Å². The van der Waals surface area contributed by atoms with E-state index in [2.05, 4.69) is 38.2 Å². The van der Waals surface area contributed by atoms with Gasteiger partial charge >= 0.3 is 0 Å². The quantitative estimate of drug-likeness (QED) is 0.747. The lowest BCUT2D eigenvalue weighted by Crippen LogP contribution is -2.27. The summed E-state index contributed by atoms with van der Waals surface area (Å²) in [4.78, 5) is 3.01. The fourth-order valence-electron chi connectivity index (χ4n) is 3.15. The van der Waals surface area contributed by atoms with Crippen molar-refractivity contribution >= 4 is 11.3 Å². The summed E-state index contributed by atoms with van der Waals surface area (Å²) in [6, 6.07) is 5.32. The molecular formula is C17H29NS. The number of nitrogens with one attached hydrogen (secondary N) is 1. The lowest BCUT2D eigenvalue weighted by atomic mass is 9.89. The van der Waals surface area contributed by atoms with E-state index in [1.807, 2.05) is 11.3 Å². The van der Waals surface area contributed by atoms with Crippen LogP contribution in [0.3, 0.4) is 0 Å². The van der Waals surface area contributed by atoms with Crippen LogP contribution in [0.5, 0.6) is 0 Å². The van der Waals surface area contributed by atoms with Crippen LogP contribution in [0.2, 0.25) is 0 Å². The molecule has 0 aliphatic heterocycles. The van der Waals surface area contributed by atoms with Crippen LogP contribution in [-0.2, 0) is 13.0 Å². The molecule has 2 atom stereocenters. The Bertz CT molecular complexity index is 369. The van der Waals surface area contributed by atoms with Gasteiger partial charge in [-0.1, -0.05) is 33.6 Å². The summed E-state index contributed by atoms with van der Waals surface area (Å²) in [5.74, 6) is 1.82. The summed E-state index contributed by atoms with van der Waals surface area (Å²) in [7, 11) is 0. The van der Waals surface area contributed by atoms with Crippen molar-refractivity contribution in [2.75, 3.05) is 0 Å². The largest absolute Gasteiger partial charge is 0.309 e. The van der Waals surface area contributed by atoms with E-state index >= 15 is 0 Å². The molecule has 2 heteroatoms. The van der Waals surface area contributed by atoms with Gasteiger partial charge < -0.3 is 5.32 Å². The Morgan fingerprint density at radius 3 is 2.63 bits per heavy atom. The predicted molar refractivity (Wildman–Crippen MR) is 85.7 cm³/mol. The maximum Gasteiger partial charge on any atom is 0.0302 e. The molecule has 19 heavy (non-hydrogen) atoms. The highest BCUT2D eigenvalue weighted by atomic mass is 32.1. The minimum Gasteiger partial charge on any atom is -0.309 e. The monoisotopic (exact) mass is 279 g/mol. The number of thiophene rings is 1. The molecule has 1 aliphatic carbocycles. The molecule has 0 saturated heterocycles. The van der Waals surface area contributed by atoms with Crippen molar-refractivity contribution in [3.8, 4) is 0 Å². The Morgan fingerprint density at radius 2 is 1.95 bits per heavy atom. The minimum atomic E-state index is 0.746. The van der Waals surface area contributed by atoms with Gasteiger partial charge in [0.15, 0.2) is 0 Å². The summed E-state index contributed by atoms with van der Waals surface area (Å²) in [5.41, 5.74) is 0. The van der Waals surface area contributed by atoms with Gasteiger partial charge in [0.1, 0.15) is 0 Å².